The van der Waals surface area contributed by atoms with Crippen molar-refractivity contribution in [3.8, 4) is 0 Å². The van der Waals surface area contributed by atoms with Crippen LogP contribution < -0.4 is 10.6 Å². The molecule has 0 unspecified atom stereocenters. The van der Waals surface area contributed by atoms with Crippen LogP contribution in [0, 0.1) is 12.8 Å². The molecule has 0 bridgehead atoms. The highest BCUT2D eigenvalue weighted by molar-refractivity contribution is 5.95. The van der Waals surface area contributed by atoms with Gasteiger partial charge in [0.25, 0.3) is 5.91 Å². The lowest BCUT2D eigenvalue weighted by molar-refractivity contribution is -0.121. The third-order valence-electron chi connectivity index (χ3n) is 2.73. The second-order valence-corrected chi connectivity index (χ2v) is 5.02. The Morgan fingerprint density at radius 1 is 1.16 bits per heavy atom. The summed E-state index contributed by atoms with van der Waals surface area (Å²) in [5, 5.41) is 5.58. The summed E-state index contributed by atoms with van der Waals surface area (Å²) in [6.45, 7) is 7.01. The second-order valence-electron chi connectivity index (χ2n) is 5.02. The van der Waals surface area contributed by atoms with Crippen molar-refractivity contribution in [1.29, 1.82) is 0 Å². The molecule has 0 saturated heterocycles. The van der Waals surface area contributed by atoms with Gasteiger partial charge in [0.2, 0.25) is 5.91 Å². The summed E-state index contributed by atoms with van der Waals surface area (Å²) in [6, 6.07) is 7.40. The van der Waals surface area contributed by atoms with Crippen molar-refractivity contribution >= 4 is 11.8 Å². The van der Waals surface area contributed by atoms with Crippen LogP contribution in [0.25, 0.3) is 0 Å². The van der Waals surface area contributed by atoms with E-state index >= 15 is 0 Å². The van der Waals surface area contributed by atoms with Gasteiger partial charge in [-0.25, -0.2) is 0 Å². The maximum absolute atomic E-state index is 11.9. The summed E-state index contributed by atoms with van der Waals surface area (Å²) in [5.41, 5.74) is 1.59. The molecule has 1 aromatic carbocycles. The van der Waals surface area contributed by atoms with Crippen LogP contribution >= 0.6 is 0 Å². The third kappa shape index (κ3) is 5.55. The summed E-state index contributed by atoms with van der Waals surface area (Å²) in [7, 11) is 0. The zero-order valence-electron chi connectivity index (χ0n) is 11.8. The van der Waals surface area contributed by atoms with Crippen molar-refractivity contribution in [3.05, 3.63) is 35.4 Å². The van der Waals surface area contributed by atoms with Crippen molar-refractivity contribution in [3.63, 3.8) is 0 Å². The molecule has 0 spiro atoms. The van der Waals surface area contributed by atoms with Gasteiger partial charge in [0.1, 0.15) is 0 Å². The van der Waals surface area contributed by atoms with E-state index in [1.807, 2.05) is 39.0 Å². The third-order valence-corrected chi connectivity index (χ3v) is 2.73. The van der Waals surface area contributed by atoms with Crippen LogP contribution in [0.5, 0.6) is 0 Å². The van der Waals surface area contributed by atoms with Crippen LogP contribution in [0.1, 0.15) is 36.2 Å². The first-order chi connectivity index (χ1) is 9.00. The molecule has 4 nitrogen and oxygen atoms in total. The number of hydrogen-bond donors (Lipinski definition) is 2. The molecule has 0 saturated carbocycles. The number of hydrogen-bond acceptors (Lipinski definition) is 2. The van der Waals surface area contributed by atoms with Crippen LogP contribution in [-0.4, -0.2) is 24.9 Å². The molecule has 0 aliphatic heterocycles. The van der Waals surface area contributed by atoms with Crippen LogP contribution in [0.15, 0.2) is 24.3 Å². The van der Waals surface area contributed by atoms with Crippen LogP contribution in [0.4, 0.5) is 0 Å². The van der Waals surface area contributed by atoms with Gasteiger partial charge in [0.05, 0.1) is 0 Å². The van der Waals surface area contributed by atoms with Gasteiger partial charge >= 0.3 is 0 Å². The lowest BCUT2D eigenvalue weighted by Crippen LogP contribution is -2.32. The molecule has 0 aliphatic carbocycles. The molecule has 2 N–H and O–H groups in total. The molecule has 104 valence electrons. The van der Waals surface area contributed by atoms with Gasteiger partial charge in [-0.1, -0.05) is 32.0 Å². The van der Waals surface area contributed by atoms with E-state index in [4.69, 9.17) is 0 Å². The molecule has 1 rings (SSSR count). The van der Waals surface area contributed by atoms with E-state index in [9.17, 15) is 9.59 Å². The predicted octanol–water partition coefficient (Wildman–Crippen LogP) is 1.89. The molecule has 1 aromatic rings. The summed E-state index contributed by atoms with van der Waals surface area (Å²) in [5.74, 6) is 0.277. The van der Waals surface area contributed by atoms with Gasteiger partial charge in [-0.3, -0.25) is 9.59 Å². The average Bonchev–Trinajstić information content (AvgIpc) is 2.36. The van der Waals surface area contributed by atoms with E-state index < -0.39 is 0 Å². The zero-order chi connectivity index (χ0) is 14.3. The first kappa shape index (κ1) is 15.2. The number of benzene rings is 1. The van der Waals surface area contributed by atoms with Gasteiger partial charge in [-0.2, -0.15) is 0 Å². The fourth-order valence-electron chi connectivity index (χ4n) is 1.62. The lowest BCUT2D eigenvalue weighted by atomic mass is 10.1. The fourth-order valence-corrected chi connectivity index (χ4v) is 1.62. The topological polar surface area (TPSA) is 58.2 Å². The number of carbonyl (C=O) groups excluding carboxylic acids is 2. The summed E-state index contributed by atoms with van der Waals surface area (Å²) in [4.78, 5) is 23.3. The van der Waals surface area contributed by atoms with E-state index in [2.05, 4.69) is 10.6 Å². The van der Waals surface area contributed by atoms with Crippen LogP contribution in [0.3, 0.4) is 0 Å². The Bertz CT molecular complexity index is 442. The highest BCUT2D eigenvalue weighted by Gasteiger charge is 2.08. The van der Waals surface area contributed by atoms with Crippen LogP contribution in [-0.2, 0) is 4.79 Å². The number of carbonyl (C=O) groups is 2. The normalized spacial score (nSPS) is 10.3. The Morgan fingerprint density at radius 3 is 2.47 bits per heavy atom. The van der Waals surface area contributed by atoms with E-state index in [1.165, 1.54) is 0 Å². The maximum Gasteiger partial charge on any atom is 0.251 e. The Hall–Kier alpha value is -1.84. The van der Waals surface area contributed by atoms with Gasteiger partial charge in [-0.15, -0.1) is 0 Å². The number of aryl methyl sites for hydroxylation is 1. The Balaban J connectivity index is 2.32. The van der Waals surface area contributed by atoms with Crippen molar-refractivity contribution in [1.82, 2.24) is 10.6 Å². The zero-order valence-corrected chi connectivity index (χ0v) is 11.8. The minimum absolute atomic E-state index is 0.0289. The molecule has 19 heavy (non-hydrogen) atoms. The smallest absolute Gasteiger partial charge is 0.251 e. The van der Waals surface area contributed by atoms with Crippen LogP contribution in [0.2, 0.25) is 0 Å². The fraction of sp³-hybridized carbons (Fsp3) is 0.467. The molecule has 0 atom stereocenters. The van der Waals surface area contributed by atoms with Crippen molar-refractivity contribution in [2.45, 2.75) is 27.2 Å². The maximum atomic E-state index is 11.9. The monoisotopic (exact) mass is 262 g/mol. The van der Waals surface area contributed by atoms with Gasteiger partial charge in [0.15, 0.2) is 0 Å². The molecule has 2 amide bonds. The molecule has 4 heteroatoms. The quantitative estimate of drug-likeness (QED) is 0.822. The van der Waals surface area contributed by atoms with E-state index in [1.54, 1.807) is 6.07 Å². The highest BCUT2D eigenvalue weighted by Crippen LogP contribution is 2.06. The van der Waals surface area contributed by atoms with Crippen molar-refractivity contribution in [2.75, 3.05) is 13.1 Å². The number of nitrogens with one attached hydrogen (secondary N) is 2. The summed E-state index contributed by atoms with van der Waals surface area (Å²) in [6.07, 6.45) is 0.310. The SMILES string of the molecule is Cc1ccccc1C(=O)NCCC(=O)NCC(C)C. The lowest BCUT2D eigenvalue weighted by Gasteiger charge is -2.09. The van der Waals surface area contributed by atoms with E-state index in [-0.39, 0.29) is 11.8 Å². The van der Waals surface area contributed by atoms with Gasteiger partial charge in [0, 0.05) is 25.1 Å². The summed E-state index contributed by atoms with van der Waals surface area (Å²) >= 11 is 0. The minimum atomic E-state index is -0.130. The van der Waals surface area contributed by atoms with E-state index in [0.717, 1.165) is 5.56 Å². The Labute approximate surface area is 114 Å². The highest BCUT2D eigenvalue weighted by atomic mass is 16.2. The molecule has 0 aliphatic rings. The molecular weight excluding hydrogens is 240 g/mol. The summed E-state index contributed by atoms with van der Waals surface area (Å²) < 4.78 is 0. The number of rotatable bonds is 6. The van der Waals surface area contributed by atoms with E-state index in [0.29, 0.717) is 31.0 Å². The largest absolute Gasteiger partial charge is 0.356 e. The van der Waals surface area contributed by atoms with Crippen molar-refractivity contribution in [2.24, 2.45) is 5.92 Å². The Kier molecular flexibility index (Phi) is 6.06. The Morgan fingerprint density at radius 2 is 1.84 bits per heavy atom. The standard InChI is InChI=1S/C15H22N2O2/c1-11(2)10-17-14(18)8-9-16-15(19)13-7-5-4-6-12(13)3/h4-7,11H,8-10H2,1-3H3,(H,16,19)(H,17,18). The minimum Gasteiger partial charge on any atom is -0.356 e. The molecular formula is C15H22N2O2. The number of amides is 2. The molecule has 0 aromatic heterocycles. The molecule has 0 radical (unpaired) electrons. The molecule has 0 heterocycles. The predicted molar refractivity (Wildman–Crippen MR) is 76.0 cm³/mol. The van der Waals surface area contributed by atoms with Gasteiger partial charge < -0.3 is 10.6 Å². The second kappa shape index (κ2) is 7.56. The average molecular weight is 262 g/mol. The van der Waals surface area contributed by atoms with Gasteiger partial charge in [-0.05, 0) is 24.5 Å². The van der Waals surface area contributed by atoms with Crippen molar-refractivity contribution < 1.29 is 9.59 Å². The first-order valence-electron chi connectivity index (χ1n) is 6.61. The molecule has 0 fully saturated rings. The first-order valence-corrected chi connectivity index (χ1v) is 6.61.